The number of carbonyl (C=O) groups excluding carboxylic acids is 2. The van der Waals surface area contributed by atoms with Crippen molar-refractivity contribution >= 4 is 33.6 Å². The van der Waals surface area contributed by atoms with E-state index in [-0.39, 0.29) is 19.1 Å². The van der Waals surface area contributed by atoms with Gasteiger partial charge in [0.2, 0.25) is 0 Å². The van der Waals surface area contributed by atoms with Crippen molar-refractivity contribution in [2.75, 3.05) is 18.9 Å². The van der Waals surface area contributed by atoms with Crippen LogP contribution in [-0.4, -0.2) is 25.2 Å². The molecule has 0 radical (unpaired) electrons. The first kappa shape index (κ1) is 13.3. The smallest absolute Gasteiger partial charge is 0.404 e. The fraction of sp³-hybridized carbons (Fsp3) is 0.200. The Balaban J connectivity index is 2.52. The Morgan fingerprint density at radius 2 is 2.12 bits per heavy atom. The van der Waals surface area contributed by atoms with E-state index in [1.807, 2.05) is 0 Å². The molecule has 0 aromatic heterocycles. The molecule has 17 heavy (non-hydrogen) atoms. The molecule has 0 aliphatic carbocycles. The molecule has 92 valence electrons. The number of rotatable bonds is 4. The van der Waals surface area contributed by atoms with E-state index in [0.29, 0.717) is 15.7 Å². The van der Waals surface area contributed by atoms with E-state index in [0.717, 1.165) is 0 Å². The molecule has 0 fully saturated rings. The van der Waals surface area contributed by atoms with Crippen molar-refractivity contribution in [2.45, 2.75) is 0 Å². The Morgan fingerprint density at radius 1 is 1.41 bits per heavy atom. The molecule has 0 saturated carbocycles. The summed E-state index contributed by atoms with van der Waals surface area (Å²) in [5, 5.41) is 2.57. The van der Waals surface area contributed by atoms with E-state index in [2.05, 4.69) is 26.0 Å². The first-order valence-corrected chi connectivity index (χ1v) is 5.55. The summed E-state index contributed by atoms with van der Waals surface area (Å²) in [6, 6.07) is 4.91. The summed E-state index contributed by atoms with van der Waals surface area (Å²) in [5.74, 6) is -0.308. The number of nitrogens with one attached hydrogen (secondary N) is 1. The minimum Gasteiger partial charge on any atom is -0.448 e. The van der Waals surface area contributed by atoms with Crippen molar-refractivity contribution in [3.63, 3.8) is 0 Å². The number of nitrogen functional groups attached to an aromatic ring is 1. The summed E-state index contributed by atoms with van der Waals surface area (Å²) in [6.45, 7) is 0.212. The molecule has 1 rings (SSSR count). The number of primary amides is 1. The van der Waals surface area contributed by atoms with Gasteiger partial charge in [0.15, 0.2) is 0 Å². The predicted octanol–water partition coefficient (Wildman–Crippen LogP) is 0.856. The first-order chi connectivity index (χ1) is 8.00. The van der Waals surface area contributed by atoms with Gasteiger partial charge in [0.05, 0.1) is 12.1 Å². The number of carbonyl (C=O) groups is 2. The van der Waals surface area contributed by atoms with Crippen molar-refractivity contribution in [3.8, 4) is 0 Å². The third-order valence-electron chi connectivity index (χ3n) is 1.87. The number of hydrogen-bond donors (Lipinski definition) is 3. The van der Waals surface area contributed by atoms with Gasteiger partial charge in [-0.1, -0.05) is 0 Å². The highest BCUT2D eigenvalue weighted by Gasteiger charge is 2.09. The Kier molecular flexibility index (Phi) is 4.77. The second-order valence-electron chi connectivity index (χ2n) is 3.16. The summed E-state index contributed by atoms with van der Waals surface area (Å²) in [7, 11) is 0. The first-order valence-electron chi connectivity index (χ1n) is 4.76. The summed E-state index contributed by atoms with van der Waals surface area (Å²) in [6.07, 6.45) is -0.871. The van der Waals surface area contributed by atoms with E-state index in [9.17, 15) is 9.59 Å². The van der Waals surface area contributed by atoms with Gasteiger partial charge >= 0.3 is 6.09 Å². The molecule has 1 aromatic carbocycles. The maximum Gasteiger partial charge on any atom is 0.404 e. The van der Waals surface area contributed by atoms with Crippen LogP contribution in [0.5, 0.6) is 0 Å². The van der Waals surface area contributed by atoms with Crippen LogP contribution in [0.4, 0.5) is 10.5 Å². The van der Waals surface area contributed by atoms with Crippen molar-refractivity contribution in [1.29, 1.82) is 0 Å². The van der Waals surface area contributed by atoms with Crippen molar-refractivity contribution in [1.82, 2.24) is 5.32 Å². The predicted molar refractivity (Wildman–Crippen MR) is 66.4 cm³/mol. The van der Waals surface area contributed by atoms with Crippen LogP contribution in [0.3, 0.4) is 0 Å². The molecule has 0 atom stereocenters. The molecule has 0 bridgehead atoms. The topological polar surface area (TPSA) is 107 Å². The SMILES string of the molecule is NC(=O)OCCNC(=O)c1cc(N)ccc1Br. The van der Waals surface area contributed by atoms with Crippen LogP contribution >= 0.6 is 15.9 Å². The van der Waals surface area contributed by atoms with Crippen molar-refractivity contribution < 1.29 is 14.3 Å². The monoisotopic (exact) mass is 301 g/mol. The molecule has 5 N–H and O–H groups in total. The average molecular weight is 302 g/mol. The van der Waals surface area contributed by atoms with Crippen LogP contribution in [-0.2, 0) is 4.74 Å². The Morgan fingerprint density at radius 3 is 2.76 bits per heavy atom. The molecular formula is C10H12BrN3O3. The van der Waals surface area contributed by atoms with Crippen LogP contribution < -0.4 is 16.8 Å². The van der Waals surface area contributed by atoms with Crippen LogP contribution in [0.2, 0.25) is 0 Å². The van der Waals surface area contributed by atoms with E-state index in [1.54, 1.807) is 18.2 Å². The van der Waals surface area contributed by atoms with Crippen LogP contribution in [0, 0.1) is 0 Å². The molecular weight excluding hydrogens is 290 g/mol. The third-order valence-corrected chi connectivity index (χ3v) is 2.56. The number of halogens is 1. The quantitative estimate of drug-likeness (QED) is 0.566. The van der Waals surface area contributed by atoms with Crippen LogP contribution in [0.15, 0.2) is 22.7 Å². The van der Waals surface area contributed by atoms with Crippen molar-refractivity contribution in [2.24, 2.45) is 5.73 Å². The van der Waals surface area contributed by atoms with Crippen molar-refractivity contribution in [3.05, 3.63) is 28.2 Å². The summed E-state index contributed by atoms with van der Waals surface area (Å²) in [5.41, 5.74) is 11.3. The molecule has 1 aromatic rings. The highest BCUT2D eigenvalue weighted by Crippen LogP contribution is 2.19. The standard InChI is InChI=1S/C10H12BrN3O3/c11-8-2-1-6(12)5-7(8)9(15)14-3-4-17-10(13)16/h1-2,5H,3-4,12H2,(H2,13,16)(H,14,15). The minimum atomic E-state index is -0.871. The Hall–Kier alpha value is -1.76. The summed E-state index contributed by atoms with van der Waals surface area (Å²) < 4.78 is 5.11. The van der Waals surface area contributed by atoms with E-state index in [4.69, 9.17) is 11.5 Å². The zero-order chi connectivity index (χ0) is 12.8. The minimum absolute atomic E-state index is 0.0288. The largest absolute Gasteiger partial charge is 0.448 e. The lowest BCUT2D eigenvalue weighted by Crippen LogP contribution is -2.29. The second-order valence-corrected chi connectivity index (χ2v) is 4.02. The van der Waals surface area contributed by atoms with Gasteiger partial charge in [-0.15, -0.1) is 0 Å². The average Bonchev–Trinajstić information content (AvgIpc) is 2.27. The zero-order valence-corrected chi connectivity index (χ0v) is 10.5. The number of amides is 2. The maximum atomic E-state index is 11.7. The van der Waals surface area contributed by atoms with E-state index < -0.39 is 6.09 Å². The number of anilines is 1. The molecule has 7 heteroatoms. The van der Waals surface area contributed by atoms with Gasteiger partial charge < -0.3 is 21.5 Å². The fourth-order valence-corrected chi connectivity index (χ4v) is 1.55. The number of nitrogens with two attached hydrogens (primary N) is 2. The second kappa shape index (κ2) is 6.09. The normalized spacial score (nSPS) is 9.71. The van der Waals surface area contributed by atoms with Gasteiger partial charge in [-0.2, -0.15) is 0 Å². The van der Waals surface area contributed by atoms with Gasteiger partial charge in [-0.25, -0.2) is 4.79 Å². The molecule has 0 unspecified atom stereocenters. The number of hydrogen-bond acceptors (Lipinski definition) is 4. The molecule has 0 aliphatic heterocycles. The fourth-order valence-electron chi connectivity index (χ4n) is 1.13. The molecule has 0 aliphatic rings. The number of benzene rings is 1. The van der Waals surface area contributed by atoms with Crippen LogP contribution in [0.1, 0.15) is 10.4 Å². The Labute approximate surface area is 106 Å². The van der Waals surface area contributed by atoms with Gasteiger partial charge in [0.1, 0.15) is 6.61 Å². The lowest BCUT2D eigenvalue weighted by molar-refractivity contribution is 0.0936. The van der Waals surface area contributed by atoms with Crippen LogP contribution in [0.25, 0.3) is 0 Å². The van der Waals surface area contributed by atoms with E-state index >= 15 is 0 Å². The maximum absolute atomic E-state index is 11.7. The van der Waals surface area contributed by atoms with Gasteiger partial charge in [0, 0.05) is 10.2 Å². The Bertz CT molecular complexity index is 437. The van der Waals surface area contributed by atoms with E-state index in [1.165, 1.54) is 0 Å². The molecule has 6 nitrogen and oxygen atoms in total. The summed E-state index contributed by atoms with van der Waals surface area (Å²) in [4.78, 5) is 22.0. The molecule has 0 heterocycles. The molecule has 0 saturated heterocycles. The lowest BCUT2D eigenvalue weighted by Gasteiger charge is -2.07. The van der Waals surface area contributed by atoms with Gasteiger partial charge in [-0.05, 0) is 34.1 Å². The number of ether oxygens (including phenoxy) is 1. The zero-order valence-electron chi connectivity index (χ0n) is 8.90. The molecule has 2 amide bonds. The van der Waals surface area contributed by atoms with Gasteiger partial charge in [0.25, 0.3) is 5.91 Å². The third kappa shape index (κ3) is 4.31. The molecule has 0 spiro atoms. The van der Waals surface area contributed by atoms with Gasteiger partial charge in [-0.3, -0.25) is 4.79 Å². The highest BCUT2D eigenvalue weighted by molar-refractivity contribution is 9.10. The lowest BCUT2D eigenvalue weighted by atomic mass is 10.2. The highest BCUT2D eigenvalue weighted by atomic mass is 79.9. The summed E-state index contributed by atoms with van der Waals surface area (Å²) >= 11 is 3.24.